The molecule has 3 aromatic rings. The Morgan fingerprint density at radius 3 is 2.05 bits per heavy atom. The van der Waals surface area contributed by atoms with E-state index in [1.54, 1.807) is 12.4 Å². The van der Waals surface area contributed by atoms with Crippen LogP contribution in [-0.2, 0) is 12.0 Å². The molecule has 0 unspecified atom stereocenters. The standard InChI is InChI=1S/C20H19NO/c1-16-7-9-19(10-8-16)20(22,18-5-3-2-4-6-18)15-17-11-13-21-14-12-17/h2-14,22H,15H2,1H3/t20-/m0/s1. The van der Waals surface area contributed by atoms with Crippen LogP contribution in [0.2, 0.25) is 0 Å². The van der Waals surface area contributed by atoms with Crippen LogP contribution in [0.25, 0.3) is 0 Å². The highest BCUT2D eigenvalue weighted by molar-refractivity contribution is 5.39. The van der Waals surface area contributed by atoms with Gasteiger partial charge in [0.25, 0.3) is 0 Å². The Hall–Kier alpha value is -2.45. The Morgan fingerprint density at radius 1 is 0.818 bits per heavy atom. The Labute approximate surface area is 131 Å². The summed E-state index contributed by atoms with van der Waals surface area (Å²) in [7, 11) is 0. The van der Waals surface area contributed by atoms with E-state index in [2.05, 4.69) is 4.98 Å². The molecule has 1 N–H and O–H groups in total. The molecule has 1 atom stereocenters. The van der Waals surface area contributed by atoms with Gasteiger partial charge in [0.2, 0.25) is 0 Å². The zero-order valence-corrected chi connectivity index (χ0v) is 12.6. The van der Waals surface area contributed by atoms with Gasteiger partial charge in [-0.1, -0.05) is 60.2 Å². The summed E-state index contributed by atoms with van der Waals surface area (Å²) >= 11 is 0. The molecule has 0 fully saturated rings. The van der Waals surface area contributed by atoms with Crippen LogP contribution >= 0.6 is 0 Å². The van der Waals surface area contributed by atoms with Crippen LogP contribution in [0.15, 0.2) is 79.1 Å². The molecule has 0 bridgehead atoms. The fourth-order valence-corrected chi connectivity index (χ4v) is 2.71. The molecule has 3 rings (SSSR count). The molecule has 1 aromatic heterocycles. The van der Waals surface area contributed by atoms with Crippen molar-refractivity contribution in [3.8, 4) is 0 Å². The zero-order valence-electron chi connectivity index (χ0n) is 12.6. The molecule has 0 aliphatic rings. The molecule has 110 valence electrons. The summed E-state index contributed by atoms with van der Waals surface area (Å²) in [6.45, 7) is 2.05. The van der Waals surface area contributed by atoms with Crippen molar-refractivity contribution in [1.29, 1.82) is 0 Å². The lowest BCUT2D eigenvalue weighted by Crippen LogP contribution is -2.30. The van der Waals surface area contributed by atoms with Gasteiger partial charge in [-0.05, 0) is 35.7 Å². The average molecular weight is 289 g/mol. The number of nitrogens with zero attached hydrogens (tertiary/aromatic N) is 1. The van der Waals surface area contributed by atoms with Gasteiger partial charge in [0, 0.05) is 18.8 Å². The molecule has 0 saturated carbocycles. The van der Waals surface area contributed by atoms with E-state index in [0.29, 0.717) is 6.42 Å². The fraction of sp³-hybridized carbons (Fsp3) is 0.150. The minimum atomic E-state index is -1.05. The lowest BCUT2D eigenvalue weighted by molar-refractivity contribution is 0.0811. The summed E-state index contributed by atoms with van der Waals surface area (Å²) in [6.07, 6.45) is 4.04. The van der Waals surface area contributed by atoms with Crippen molar-refractivity contribution in [3.05, 3.63) is 101 Å². The summed E-state index contributed by atoms with van der Waals surface area (Å²) in [5.74, 6) is 0. The van der Waals surface area contributed by atoms with Crippen molar-refractivity contribution >= 4 is 0 Å². The van der Waals surface area contributed by atoms with Crippen LogP contribution in [0.3, 0.4) is 0 Å². The average Bonchev–Trinajstić information content (AvgIpc) is 2.57. The monoisotopic (exact) mass is 289 g/mol. The third-order valence-corrected chi connectivity index (χ3v) is 3.99. The Morgan fingerprint density at radius 2 is 1.41 bits per heavy atom. The van der Waals surface area contributed by atoms with Gasteiger partial charge in [-0.25, -0.2) is 0 Å². The number of hydrogen-bond acceptors (Lipinski definition) is 2. The lowest BCUT2D eigenvalue weighted by Gasteiger charge is -2.30. The second-order valence-electron chi connectivity index (χ2n) is 5.62. The first-order chi connectivity index (χ1) is 10.7. The summed E-state index contributed by atoms with van der Waals surface area (Å²) in [5.41, 5.74) is 3.00. The molecule has 0 aliphatic heterocycles. The van der Waals surface area contributed by atoms with E-state index in [4.69, 9.17) is 0 Å². The van der Waals surface area contributed by atoms with E-state index in [1.807, 2.05) is 73.7 Å². The van der Waals surface area contributed by atoms with Gasteiger partial charge >= 0.3 is 0 Å². The van der Waals surface area contributed by atoms with Crippen molar-refractivity contribution in [2.45, 2.75) is 18.9 Å². The molecule has 2 heteroatoms. The number of aromatic nitrogens is 1. The van der Waals surface area contributed by atoms with Crippen molar-refractivity contribution in [3.63, 3.8) is 0 Å². The van der Waals surface area contributed by atoms with Gasteiger partial charge in [0.15, 0.2) is 0 Å². The highest BCUT2D eigenvalue weighted by atomic mass is 16.3. The normalized spacial score (nSPS) is 13.5. The SMILES string of the molecule is Cc1ccc([C@](O)(Cc2ccncc2)c2ccccc2)cc1. The number of rotatable bonds is 4. The van der Waals surface area contributed by atoms with Crippen molar-refractivity contribution in [2.24, 2.45) is 0 Å². The van der Waals surface area contributed by atoms with Crippen LogP contribution < -0.4 is 0 Å². The first kappa shape index (κ1) is 14.5. The molecular weight excluding hydrogens is 270 g/mol. The second kappa shape index (κ2) is 6.12. The van der Waals surface area contributed by atoms with E-state index >= 15 is 0 Å². The van der Waals surface area contributed by atoms with Gasteiger partial charge in [-0.3, -0.25) is 4.98 Å². The maximum Gasteiger partial charge on any atom is 0.119 e. The molecule has 0 aliphatic carbocycles. The minimum absolute atomic E-state index is 0.516. The summed E-state index contributed by atoms with van der Waals surface area (Å²) in [4.78, 5) is 4.05. The van der Waals surface area contributed by atoms with Gasteiger partial charge in [0.1, 0.15) is 5.60 Å². The van der Waals surface area contributed by atoms with E-state index in [-0.39, 0.29) is 0 Å². The molecule has 22 heavy (non-hydrogen) atoms. The third-order valence-electron chi connectivity index (χ3n) is 3.99. The van der Waals surface area contributed by atoms with Gasteiger partial charge in [-0.2, -0.15) is 0 Å². The highest BCUT2D eigenvalue weighted by Gasteiger charge is 2.31. The molecule has 0 saturated heterocycles. The largest absolute Gasteiger partial charge is 0.380 e. The number of hydrogen-bond donors (Lipinski definition) is 1. The van der Waals surface area contributed by atoms with Crippen LogP contribution in [0.5, 0.6) is 0 Å². The lowest BCUT2D eigenvalue weighted by atomic mass is 9.81. The maximum atomic E-state index is 11.5. The fourth-order valence-electron chi connectivity index (χ4n) is 2.71. The predicted octanol–water partition coefficient (Wildman–Crippen LogP) is 3.87. The first-order valence-electron chi connectivity index (χ1n) is 7.42. The highest BCUT2D eigenvalue weighted by Crippen LogP contribution is 2.33. The molecule has 0 radical (unpaired) electrons. The number of benzene rings is 2. The van der Waals surface area contributed by atoms with Crippen molar-refractivity contribution < 1.29 is 5.11 Å². The van der Waals surface area contributed by atoms with Gasteiger partial charge < -0.3 is 5.11 Å². The van der Waals surface area contributed by atoms with E-state index < -0.39 is 5.60 Å². The quantitative estimate of drug-likeness (QED) is 0.791. The van der Waals surface area contributed by atoms with E-state index in [0.717, 1.165) is 16.7 Å². The van der Waals surface area contributed by atoms with Crippen molar-refractivity contribution in [1.82, 2.24) is 4.98 Å². The van der Waals surface area contributed by atoms with Crippen LogP contribution in [-0.4, -0.2) is 10.1 Å². The van der Waals surface area contributed by atoms with Gasteiger partial charge in [0.05, 0.1) is 0 Å². The van der Waals surface area contributed by atoms with E-state index in [1.165, 1.54) is 5.56 Å². The second-order valence-corrected chi connectivity index (χ2v) is 5.62. The predicted molar refractivity (Wildman–Crippen MR) is 88.6 cm³/mol. The zero-order chi connectivity index (χ0) is 15.4. The number of aryl methyl sites for hydroxylation is 1. The van der Waals surface area contributed by atoms with Crippen LogP contribution in [0, 0.1) is 6.92 Å². The molecular formula is C20H19NO. The maximum absolute atomic E-state index is 11.5. The Kier molecular flexibility index (Phi) is 4.03. The molecule has 2 nitrogen and oxygen atoms in total. The Bertz CT molecular complexity index is 723. The van der Waals surface area contributed by atoms with Crippen molar-refractivity contribution in [2.75, 3.05) is 0 Å². The third kappa shape index (κ3) is 2.92. The minimum Gasteiger partial charge on any atom is -0.380 e. The smallest absolute Gasteiger partial charge is 0.119 e. The number of pyridine rings is 1. The Balaban J connectivity index is 2.07. The van der Waals surface area contributed by atoms with Crippen LogP contribution in [0.1, 0.15) is 22.3 Å². The molecule has 0 spiro atoms. The molecule has 2 aromatic carbocycles. The molecule has 1 heterocycles. The molecule has 0 amide bonds. The summed E-state index contributed by atoms with van der Waals surface area (Å²) < 4.78 is 0. The van der Waals surface area contributed by atoms with Crippen LogP contribution in [0.4, 0.5) is 0 Å². The van der Waals surface area contributed by atoms with E-state index in [9.17, 15) is 5.11 Å². The van der Waals surface area contributed by atoms with Gasteiger partial charge in [-0.15, -0.1) is 0 Å². The number of aliphatic hydroxyl groups is 1. The summed E-state index contributed by atoms with van der Waals surface area (Å²) in [6, 6.07) is 21.8. The first-order valence-corrected chi connectivity index (χ1v) is 7.42. The summed E-state index contributed by atoms with van der Waals surface area (Å²) in [5, 5.41) is 11.5. The topological polar surface area (TPSA) is 33.1 Å².